The van der Waals surface area contributed by atoms with Crippen LogP contribution in [0.3, 0.4) is 0 Å². The standard InChI is InChI=1S/C21H24N10/c1-30(2)20-24-19(25-21(26-20)31(3)4)29-28-18(17-11-13-22-14-12-17)27-23-15-10-16-8-6-5-7-9-16/h5-15H,1-4H3,(H,24,25,26,29)/b15-10?,27-23+,28-18-. The Kier molecular flexibility index (Phi) is 7.30. The van der Waals surface area contributed by atoms with Crippen molar-refractivity contribution in [2.75, 3.05) is 43.4 Å². The smallest absolute Gasteiger partial charge is 0.250 e. The molecular weight excluding hydrogens is 392 g/mol. The minimum atomic E-state index is 0.295. The monoisotopic (exact) mass is 416 g/mol. The molecule has 2 heterocycles. The summed E-state index contributed by atoms with van der Waals surface area (Å²) in [6.07, 6.45) is 6.80. The zero-order valence-corrected chi connectivity index (χ0v) is 17.9. The van der Waals surface area contributed by atoms with E-state index in [-0.39, 0.29) is 0 Å². The molecule has 0 saturated heterocycles. The maximum absolute atomic E-state index is 4.39. The minimum absolute atomic E-state index is 0.295. The summed E-state index contributed by atoms with van der Waals surface area (Å²) < 4.78 is 0. The largest absolute Gasteiger partial charge is 0.347 e. The average Bonchev–Trinajstić information content (AvgIpc) is 2.79. The molecule has 3 rings (SSSR count). The second-order valence-electron chi connectivity index (χ2n) is 6.77. The lowest BCUT2D eigenvalue weighted by Gasteiger charge is -2.15. The fraction of sp³-hybridized carbons (Fsp3) is 0.190. The van der Waals surface area contributed by atoms with Crippen molar-refractivity contribution in [3.05, 3.63) is 72.2 Å². The number of nitrogens with zero attached hydrogens (tertiary/aromatic N) is 9. The predicted molar refractivity (Wildman–Crippen MR) is 123 cm³/mol. The molecule has 0 aliphatic rings. The Hall–Kier alpha value is -4.21. The van der Waals surface area contributed by atoms with Gasteiger partial charge in [-0.2, -0.15) is 25.2 Å². The molecule has 31 heavy (non-hydrogen) atoms. The van der Waals surface area contributed by atoms with Gasteiger partial charge < -0.3 is 9.80 Å². The number of amidine groups is 1. The van der Waals surface area contributed by atoms with Gasteiger partial charge in [0.05, 0.1) is 6.20 Å². The Morgan fingerprint density at radius 1 is 0.871 bits per heavy atom. The quantitative estimate of drug-likeness (QED) is 0.272. The van der Waals surface area contributed by atoms with E-state index in [0.717, 1.165) is 11.1 Å². The van der Waals surface area contributed by atoms with E-state index < -0.39 is 0 Å². The maximum Gasteiger partial charge on any atom is 0.250 e. The number of hydrazone groups is 1. The zero-order valence-electron chi connectivity index (χ0n) is 17.9. The molecule has 10 heteroatoms. The molecule has 0 amide bonds. The third-order valence-corrected chi connectivity index (χ3v) is 3.90. The Labute approximate surface area is 181 Å². The van der Waals surface area contributed by atoms with Crippen LogP contribution in [0.15, 0.2) is 76.4 Å². The Morgan fingerprint density at radius 3 is 2.13 bits per heavy atom. The summed E-state index contributed by atoms with van der Waals surface area (Å²) >= 11 is 0. The van der Waals surface area contributed by atoms with E-state index in [4.69, 9.17) is 0 Å². The van der Waals surface area contributed by atoms with Crippen LogP contribution in [0.25, 0.3) is 6.08 Å². The van der Waals surface area contributed by atoms with Crippen LogP contribution < -0.4 is 15.2 Å². The van der Waals surface area contributed by atoms with Crippen LogP contribution in [0.2, 0.25) is 0 Å². The van der Waals surface area contributed by atoms with Crippen LogP contribution in [0.4, 0.5) is 17.8 Å². The SMILES string of the molecule is CN(C)c1nc(N/N=C(\N=N\C=Cc2ccccc2)c2ccncc2)nc(N(C)C)n1. The molecule has 0 saturated carbocycles. The molecular formula is C21H24N10. The van der Waals surface area contributed by atoms with Crippen LogP contribution >= 0.6 is 0 Å². The van der Waals surface area contributed by atoms with Gasteiger partial charge >= 0.3 is 0 Å². The molecule has 1 aromatic carbocycles. The number of rotatable bonds is 7. The predicted octanol–water partition coefficient (Wildman–Crippen LogP) is 3.30. The van der Waals surface area contributed by atoms with Gasteiger partial charge in [-0.05, 0) is 23.8 Å². The number of aromatic nitrogens is 4. The molecule has 1 N–H and O–H groups in total. The van der Waals surface area contributed by atoms with Gasteiger partial charge in [0.15, 0.2) is 0 Å². The second kappa shape index (κ2) is 10.5. The lowest BCUT2D eigenvalue weighted by molar-refractivity contribution is 0.913. The minimum Gasteiger partial charge on any atom is -0.347 e. The van der Waals surface area contributed by atoms with E-state index in [9.17, 15) is 0 Å². The topological polar surface area (TPSA) is 107 Å². The molecule has 0 unspecified atom stereocenters. The maximum atomic E-state index is 4.39. The van der Waals surface area contributed by atoms with E-state index in [1.807, 2.05) is 64.6 Å². The Morgan fingerprint density at radius 2 is 1.52 bits per heavy atom. The first-order chi connectivity index (χ1) is 15.0. The summed E-state index contributed by atoms with van der Waals surface area (Å²) in [6, 6.07) is 13.4. The summed E-state index contributed by atoms with van der Waals surface area (Å²) in [5.41, 5.74) is 4.64. The first-order valence-electron chi connectivity index (χ1n) is 9.50. The van der Waals surface area contributed by atoms with Crippen LogP contribution in [-0.2, 0) is 0 Å². The highest BCUT2D eigenvalue weighted by molar-refractivity contribution is 5.99. The summed E-state index contributed by atoms with van der Waals surface area (Å²) in [5, 5.41) is 12.7. The van der Waals surface area contributed by atoms with Crippen molar-refractivity contribution in [3.63, 3.8) is 0 Å². The molecule has 158 valence electrons. The number of pyridine rings is 1. The zero-order chi connectivity index (χ0) is 22.1. The molecule has 0 fully saturated rings. The van der Waals surface area contributed by atoms with Crippen LogP contribution in [0.5, 0.6) is 0 Å². The number of anilines is 3. The molecule has 3 aromatic rings. The van der Waals surface area contributed by atoms with Crippen molar-refractivity contribution in [1.29, 1.82) is 0 Å². The number of hydrogen-bond donors (Lipinski definition) is 1. The summed E-state index contributed by atoms with van der Waals surface area (Å²) in [4.78, 5) is 20.8. The van der Waals surface area contributed by atoms with Gasteiger partial charge in [-0.15, -0.1) is 5.11 Å². The number of hydrogen-bond acceptors (Lipinski definition) is 9. The first kappa shape index (κ1) is 21.5. The van der Waals surface area contributed by atoms with Crippen molar-refractivity contribution in [3.8, 4) is 0 Å². The van der Waals surface area contributed by atoms with Gasteiger partial charge in [-0.25, -0.2) is 5.43 Å². The fourth-order valence-electron chi connectivity index (χ4n) is 2.32. The number of nitrogens with one attached hydrogen (secondary N) is 1. The molecule has 0 aliphatic carbocycles. The van der Waals surface area contributed by atoms with Crippen LogP contribution in [0.1, 0.15) is 11.1 Å². The lowest BCUT2D eigenvalue weighted by atomic mass is 10.2. The number of azo groups is 1. The lowest BCUT2D eigenvalue weighted by Crippen LogP contribution is -2.19. The molecule has 0 bridgehead atoms. The Bertz CT molecular complexity index is 1030. The Balaban J connectivity index is 1.86. The highest BCUT2D eigenvalue weighted by Gasteiger charge is 2.10. The van der Waals surface area contributed by atoms with E-state index in [0.29, 0.717) is 23.7 Å². The van der Waals surface area contributed by atoms with E-state index in [2.05, 4.69) is 40.7 Å². The van der Waals surface area contributed by atoms with E-state index >= 15 is 0 Å². The molecule has 2 aromatic heterocycles. The molecule has 0 aliphatic heterocycles. The van der Waals surface area contributed by atoms with Gasteiger partial charge in [0.2, 0.25) is 23.7 Å². The summed E-state index contributed by atoms with van der Waals surface area (Å²) in [6.45, 7) is 0. The van der Waals surface area contributed by atoms with Gasteiger partial charge in [0, 0.05) is 46.1 Å². The first-order valence-corrected chi connectivity index (χ1v) is 9.50. The van der Waals surface area contributed by atoms with Gasteiger partial charge in [-0.3, -0.25) is 4.98 Å². The van der Waals surface area contributed by atoms with Crippen LogP contribution in [-0.4, -0.2) is 54.0 Å². The molecule has 10 nitrogen and oxygen atoms in total. The number of benzene rings is 1. The van der Waals surface area contributed by atoms with Crippen molar-refractivity contribution < 1.29 is 0 Å². The van der Waals surface area contributed by atoms with Crippen molar-refractivity contribution in [2.45, 2.75) is 0 Å². The molecule has 0 spiro atoms. The van der Waals surface area contributed by atoms with Crippen molar-refractivity contribution in [1.82, 2.24) is 19.9 Å². The highest BCUT2D eigenvalue weighted by atomic mass is 15.4. The van der Waals surface area contributed by atoms with Gasteiger partial charge in [0.25, 0.3) is 0 Å². The van der Waals surface area contributed by atoms with E-state index in [1.54, 1.807) is 40.5 Å². The van der Waals surface area contributed by atoms with Gasteiger partial charge in [0.1, 0.15) is 0 Å². The average molecular weight is 416 g/mol. The van der Waals surface area contributed by atoms with Crippen LogP contribution in [0, 0.1) is 0 Å². The molecule has 0 atom stereocenters. The normalized spacial score (nSPS) is 11.8. The summed E-state index contributed by atoms with van der Waals surface area (Å²) in [7, 11) is 7.43. The highest BCUT2D eigenvalue weighted by Crippen LogP contribution is 2.14. The fourth-order valence-corrected chi connectivity index (χ4v) is 2.32. The summed E-state index contributed by atoms with van der Waals surface area (Å²) in [5.74, 6) is 1.67. The third-order valence-electron chi connectivity index (χ3n) is 3.90. The van der Waals surface area contributed by atoms with E-state index in [1.165, 1.54) is 0 Å². The second-order valence-corrected chi connectivity index (χ2v) is 6.77. The van der Waals surface area contributed by atoms with Crippen molar-refractivity contribution in [2.24, 2.45) is 15.3 Å². The third kappa shape index (κ3) is 6.39. The van der Waals surface area contributed by atoms with Crippen molar-refractivity contribution >= 4 is 29.8 Å². The molecule has 0 radical (unpaired) electrons. The van der Waals surface area contributed by atoms with Gasteiger partial charge in [-0.1, -0.05) is 30.3 Å².